The van der Waals surface area contributed by atoms with Gasteiger partial charge in [0, 0.05) is 13.5 Å². The van der Waals surface area contributed by atoms with Crippen LogP contribution in [0.2, 0.25) is 0 Å². The number of hydrogen-bond acceptors (Lipinski definition) is 6. The van der Waals surface area contributed by atoms with Crippen LogP contribution in [0.25, 0.3) is 0 Å². The van der Waals surface area contributed by atoms with Crippen molar-refractivity contribution in [2.24, 2.45) is 0 Å². The SMILES string of the molecule is Cc1ccc(OCCN(C)c2cc3c(cc2F)C(=O)N(C2CCC(=O)NC2=O)C3=O)cc1. The largest absolute Gasteiger partial charge is 0.492 e. The third-order valence-electron chi connectivity index (χ3n) is 5.63. The second-order valence-electron chi connectivity index (χ2n) is 7.88. The molecule has 2 aromatic carbocycles. The zero-order valence-electron chi connectivity index (χ0n) is 17.7. The molecule has 2 heterocycles. The number of imide groups is 2. The third kappa shape index (κ3) is 3.93. The van der Waals surface area contributed by atoms with Crippen molar-refractivity contribution in [1.29, 1.82) is 0 Å². The first-order valence-corrected chi connectivity index (χ1v) is 10.2. The van der Waals surface area contributed by atoms with Gasteiger partial charge in [0.2, 0.25) is 11.8 Å². The number of piperidine rings is 1. The van der Waals surface area contributed by atoms with Crippen LogP contribution < -0.4 is 15.0 Å². The number of benzene rings is 2. The maximum absolute atomic E-state index is 14.8. The zero-order chi connectivity index (χ0) is 23.0. The number of nitrogens with zero attached hydrogens (tertiary/aromatic N) is 2. The molecular weight excluding hydrogens is 417 g/mol. The van der Waals surface area contributed by atoms with Crippen molar-refractivity contribution in [2.75, 3.05) is 25.1 Å². The van der Waals surface area contributed by atoms with Crippen LogP contribution in [0.5, 0.6) is 5.75 Å². The van der Waals surface area contributed by atoms with Crippen LogP contribution in [0.3, 0.4) is 0 Å². The van der Waals surface area contributed by atoms with Crippen molar-refractivity contribution in [2.45, 2.75) is 25.8 Å². The Morgan fingerprint density at radius 2 is 1.75 bits per heavy atom. The summed E-state index contributed by atoms with van der Waals surface area (Å²) in [5.74, 6) is -2.54. The van der Waals surface area contributed by atoms with E-state index in [-0.39, 0.29) is 36.3 Å². The standard InChI is InChI=1S/C23H22FN3O5/c1-13-3-5-14(6-4-13)32-10-9-26(2)19-12-16-15(11-17(19)24)22(30)27(23(16)31)18-7-8-20(28)25-21(18)29/h3-6,11-12,18H,7-10H2,1-2H3,(H,25,28,29). The lowest BCUT2D eigenvalue weighted by Gasteiger charge is -2.27. The number of hydrogen-bond donors (Lipinski definition) is 1. The molecule has 0 aliphatic carbocycles. The molecule has 4 rings (SSSR count). The Morgan fingerprint density at radius 1 is 1.09 bits per heavy atom. The van der Waals surface area contributed by atoms with Crippen LogP contribution in [0.15, 0.2) is 36.4 Å². The van der Waals surface area contributed by atoms with Gasteiger partial charge in [-0.25, -0.2) is 4.39 Å². The second-order valence-corrected chi connectivity index (χ2v) is 7.88. The topological polar surface area (TPSA) is 96.0 Å². The summed E-state index contributed by atoms with van der Waals surface area (Å²) in [4.78, 5) is 51.6. The molecule has 1 atom stereocenters. The van der Waals surface area contributed by atoms with E-state index in [0.29, 0.717) is 12.3 Å². The summed E-state index contributed by atoms with van der Waals surface area (Å²) in [6, 6.07) is 8.80. The lowest BCUT2D eigenvalue weighted by atomic mass is 10.0. The highest BCUT2D eigenvalue weighted by molar-refractivity contribution is 6.23. The van der Waals surface area contributed by atoms with Crippen molar-refractivity contribution >= 4 is 29.3 Å². The minimum absolute atomic E-state index is 0.0210. The van der Waals surface area contributed by atoms with E-state index >= 15 is 0 Å². The summed E-state index contributed by atoms with van der Waals surface area (Å²) in [5.41, 5.74) is 1.19. The first-order chi connectivity index (χ1) is 15.3. The highest BCUT2D eigenvalue weighted by Crippen LogP contribution is 2.32. The highest BCUT2D eigenvalue weighted by Gasteiger charge is 2.45. The van der Waals surface area contributed by atoms with Gasteiger partial charge in [0.15, 0.2) is 0 Å². The van der Waals surface area contributed by atoms with Gasteiger partial charge in [0.25, 0.3) is 11.8 Å². The zero-order valence-corrected chi connectivity index (χ0v) is 17.7. The van der Waals surface area contributed by atoms with E-state index in [1.54, 1.807) is 11.9 Å². The van der Waals surface area contributed by atoms with Crippen molar-refractivity contribution < 1.29 is 28.3 Å². The molecule has 2 aliphatic rings. The number of anilines is 1. The Hall–Kier alpha value is -3.75. The Kier molecular flexibility index (Phi) is 5.65. The number of fused-ring (bicyclic) bond motifs is 1. The molecule has 4 amide bonds. The average molecular weight is 439 g/mol. The molecule has 1 saturated heterocycles. The molecule has 1 unspecified atom stereocenters. The van der Waals surface area contributed by atoms with E-state index in [9.17, 15) is 23.6 Å². The van der Waals surface area contributed by atoms with Crippen molar-refractivity contribution in [3.8, 4) is 5.75 Å². The summed E-state index contributed by atoms with van der Waals surface area (Å²) in [6.07, 6.45) is 0.0644. The lowest BCUT2D eigenvalue weighted by molar-refractivity contribution is -0.136. The van der Waals surface area contributed by atoms with Crippen molar-refractivity contribution in [1.82, 2.24) is 10.2 Å². The van der Waals surface area contributed by atoms with Crippen LogP contribution in [0.4, 0.5) is 10.1 Å². The Morgan fingerprint density at radius 3 is 2.41 bits per heavy atom. The Bertz CT molecular complexity index is 1120. The third-order valence-corrected chi connectivity index (χ3v) is 5.63. The smallest absolute Gasteiger partial charge is 0.262 e. The van der Waals surface area contributed by atoms with E-state index < -0.39 is 35.5 Å². The minimum atomic E-state index is -1.09. The molecule has 2 aliphatic heterocycles. The average Bonchev–Trinajstić information content (AvgIpc) is 2.98. The maximum Gasteiger partial charge on any atom is 0.262 e. The summed E-state index contributed by atoms with van der Waals surface area (Å²) in [7, 11) is 1.66. The summed E-state index contributed by atoms with van der Waals surface area (Å²) in [6.45, 7) is 2.59. The Balaban J connectivity index is 1.49. The summed E-state index contributed by atoms with van der Waals surface area (Å²) in [5, 5.41) is 2.13. The van der Waals surface area contributed by atoms with E-state index in [1.165, 1.54) is 6.07 Å². The monoisotopic (exact) mass is 439 g/mol. The van der Waals surface area contributed by atoms with Crippen LogP contribution in [0, 0.1) is 12.7 Å². The number of aryl methyl sites for hydroxylation is 1. The van der Waals surface area contributed by atoms with Gasteiger partial charge in [-0.2, -0.15) is 0 Å². The van der Waals surface area contributed by atoms with Gasteiger partial charge in [0.1, 0.15) is 24.2 Å². The maximum atomic E-state index is 14.8. The predicted octanol–water partition coefficient (Wildman–Crippen LogP) is 2.05. The molecule has 8 nitrogen and oxygen atoms in total. The number of halogens is 1. The fourth-order valence-corrected chi connectivity index (χ4v) is 3.83. The Labute approximate surface area is 183 Å². The molecule has 0 spiro atoms. The summed E-state index contributed by atoms with van der Waals surface area (Å²) >= 11 is 0. The van der Waals surface area contributed by atoms with Gasteiger partial charge in [-0.05, 0) is 37.6 Å². The quantitative estimate of drug-likeness (QED) is 0.693. The van der Waals surface area contributed by atoms with Crippen LogP contribution in [-0.2, 0) is 9.59 Å². The van der Waals surface area contributed by atoms with E-state index in [0.717, 1.165) is 16.5 Å². The van der Waals surface area contributed by atoms with Crippen LogP contribution in [-0.4, -0.2) is 54.8 Å². The van der Waals surface area contributed by atoms with E-state index in [1.807, 2.05) is 31.2 Å². The molecule has 0 aromatic heterocycles. The minimum Gasteiger partial charge on any atom is -0.492 e. The number of carbonyl (C=O) groups excluding carboxylic acids is 4. The van der Waals surface area contributed by atoms with E-state index in [2.05, 4.69) is 5.32 Å². The van der Waals surface area contributed by atoms with Gasteiger partial charge < -0.3 is 9.64 Å². The molecular formula is C23H22FN3O5. The number of ether oxygens (including phenoxy) is 1. The highest BCUT2D eigenvalue weighted by atomic mass is 19.1. The first-order valence-electron chi connectivity index (χ1n) is 10.2. The number of amides is 4. The number of carbonyl (C=O) groups is 4. The molecule has 1 N–H and O–H groups in total. The molecule has 0 bridgehead atoms. The van der Waals surface area contributed by atoms with Gasteiger partial charge >= 0.3 is 0 Å². The lowest BCUT2D eigenvalue weighted by Crippen LogP contribution is -2.54. The number of nitrogens with one attached hydrogen (secondary N) is 1. The first kappa shape index (κ1) is 21.5. The molecule has 1 fully saturated rings. The predicted molar refractivity (Wildman–Crippen MR) is 113 cm³/mol. The van der Waals surface area contributed by atoms with Crippen LogP contribution in [0.1, 0.15) is 39.1 Å². The normalized spacial score (nSPS) is 18.0. The molecule has 0 saturated carbocycles. The number of likely N-dealkylation sites (N-methyl/N-ethyl adjacent to an activating group) is 1. The molecule has 9 heteroatoms. The van der Waals surface area contributed by atoms with Crippen molar-refractivity contribution in [3.63, 3.8) is 0 Å². The second kappa shape index (κ2) is 8.41. The fourth-order valence-electron chi connectivity index (χ4n) is 3.83. The molecule has 2 aromatic rings. The molecule has 166 valence electrons. The molecule has 32 heavy (non-hydrogen) atoms. The number of rotatable bonds is 6. The summed E-state index contributed by atoms with van der Waals surface area (Å²) < 4.78 is 20.5. The van der Waals surface area contributed by atoms with Gasteiger partial charge in [-0.3, -0.25) is 29.4 Å². The van der Waals surface area contributed by atoms with E-state index in [4.69, 9.17) is 4.74 Å². The van der Waals surface area contributed by atoms with Gasteiger partial charge in [-0.1, -0.05) is 17.7 Å². The van der Waals surface area contributed by atoms with Crippen molar-refractivity contribution in [3.05, 3.63) is 58.9 Å². The fraction of sp³-hybridized carbons (Fsp3) is 0.304. The van der Waals surface area contributed by atoms with Gasteiger partial charge in [0.05, 0.1) is 23.4 Å². The van der Waals surface area contributed by atoms with Gasteiger partial charge in [-0.15, -0.1) is 0 Å². The van der Waals surface area contributed by atoms with Crippen LogP contribution >= 0.6 is 0 Å². The molecule has 0 radical (unpaired) electrons.